The normalized spacial score (nSPS) is 31.1. The van der Waals surface area contributed by atoms with E-state index in [0.717, 1.165) is 41.6 Å². The molecule has 0 radical (unpaired) electrons. The molecule has 1 nitrogen and oxygen atoms in total. The molecule has 4 bridgehead atoms. The monoisotopic (exact) mass is 572 g/mol. The number of para-hydroxylation sites is 1. The van der Waals surface area contributed by atoms with E-state index in [4.69, 9.17) is 4.74 Å². The van der Waals surface area contributed by atoms with E-state index in [1.165, 1.54) is 65.5 Å². The van der Waals surface area contributed by atoms with E-state index in [9.17, 15) is 0 Å². The van der Waals surface area contributed by atoms with Crippen molar-refractivity contribution in [1.29, 1.82) is 0 Å². The molecule has 1 atom stereocenters. The first-order valence-electron chi connectivity index (χ1n) is 17.1. The molecule has 1 heteroatoms. The zero-order valence-corrected chi connectivity index (χ0v) is 25.9. The summed E-state index contributed by atoms with van der Waals surface area (Å²) < 4.78 is 6.35. The molecule has 4 saturated carbocycles. The van der Waals surface area contributed by atoms with Gasteiger partial charge in [-0.05, 0) is 119 Å². The van der Waals surface area contributed by atoms with Crippen LogP contribution in [-0.4, -0.2) is 0 Å². The summed E-state index contributed by atoms with van der Waals surface area (Å²) in [6, 6.07) is 32.2. The third-order valence-electron chi connectivity index (χ3n) is 12.9. The van der Waals surface area contributed by atoms with Gasteiger partial charge < -0.3 is 4.74 Å². The second kappa shape index (κ2) is 8.87. The van der Waals surface area contributed by atoms with Gasteiger partial charge in [-0.15, -0.1) is 0 Å². The maximum absolute atomic E-state index is 6.35. The number of allylic oxidation sites excluding steroid dienone is 4. The van der Waals surface area contributed by atoms with Crippen LogP contribution in [0.2, 0.25) is 0 Å². The van der Waals surface area contributed by atoms with Crippen molar-refractivity contribution >= 4 is 5.57 Å². The minimum atomic E-state index is -0.104. The van der Waals surface area contributed by atoms with Gasteiger partial charge in [-0.2, -0.15) is 0 Å². The second-order valence-electron chi connectivity index (χ2n) is 15.3. The van der Waals surface area contributed by atoms with Crippen LogP contribution in [0.3, 0.4) is 0 Å². The number of hydrogen-bond donors (Lipinski definition) is 0. The number of ether oxygens (including phenoxy) is 1. The lowest BCUT2D eigenvalue weighted by atomic mass is 9.43. The average molecular weight is 573 g/mol. The van der Waals surface area contributed by atoms with Crippen LogP contribution >= 0.6 is 0 Å². The van der Waals surface area contributed by atoms with Crippen LogP contribution in [0.1, 0.15) is 91.7 Å². The summed E-state index contributed by atoms with van der Waals surface area (Å²) in [6.07, 6.45) is 15.7. The molecule has 1 aliphatic heterocycles. The van der Waals surface area contributed by atoms with Gasteiger partial charge in [0.25, 0.3) is 0 Å². The van der Waals surface area contributed by atoms with E-state index in [1.54, 1.807) is 16.7 Å². The summed E-state index contributed by atoms with van der Waals surface area (Å²) in [6.45, 7) is 4.64. The van der Waals surface area contributed by atoms with Crippen molar-refractivity contribution < 1.29 is 4.74 Å². The highest BCUT2D eigenvalue weighted by Crippen LogP contribution is 2.70. The van der Waals surface area contributed by atoms with Gasteiger partial charge in [-0.1, -0.05) is 98.8 Å². The summed E-state index contributed by atoms with van der Waals surface area (Å²) in [4.78, 5) is 0. The van der Waals surface area contributed by atoms with Crippen molar-refractivity contribution in [3.63, 3.8) is 0 Å². The maximum Gasteiger partial charge on any atom is 0.131 e. The summed E-state index contributed by atoms with van der Waals surface area (Å²) in [5, 5.41) is 0. The highest BCUT2D eigenvalue weighted by atomic mass is 16.5. The molecule has 4 aromatic carbocycles. The van der Waals surface area contributed by atoms with E-state index >= 15 is 0 Å². The molecule has 4 fully saturated rings. The molecule has 4 aromatic rings. The van der Waals surface area contributed by atoms with Gasteiger partial charge in [0.2, 0.25) is 0 Å². The second-order valence-corrected chi connectivity index (χ2v) is 15.3. The molecule has 218 valence electrons. The van der Waals surface area contributed by atoms with E-state index in [-0.39, 0.29) is 10.8 Å². The minimum Gasteiger partial charge on any atom is -0.457 e. The molecule has 11 rings (SSSR count). The van der Waals surface area contributed by atoms with Crippen LogP contribution in [0.5, 0.6) is 11.5 Å². The minimum absolute atomic E-state index is 0.104. The zero-order valence-electron chi connectivity index (χ0n) is 25.9. The van der Waals surface area contributed by atoms with E-state index < -0.39 is 0 Å². The van der Waals surface area contributed by atoms with Crippen LogP contribution in [-0.2, 0) is 10.8 Å². The van der Waals surface area contributed by atoms with Gasteiger partial charge in [0.1, 0.15) is 11.5 Å². The molecule has 1 spiro atoms. The highest BCUT2D eigenvalue weighted by Gasteiger charge is 2.61. The Balaban J connectivity index is 1.01. The van der Waals surface area contributed by atoms with Gasteiger partial charge in [0.05, 0.1) is 0 Å². The lowest BCUT2D eigenvalue weighted by molar-refractivity contribution is -0.0399. The lowest BCUT2D eigenvalue weighted by Crippen LogP contribution is -2.55. The van der Waals surface area contributed by atoms with E-state index in [2.05, 4.69) is 117 Å². The first-order valence-corrected chi connectivity index (χ1v) is 17.1. The van der Waals surface area contributed by atoms with Gasteiger partial charge in [0, 0.05) is 27.9 Å². The van der Waals surface area contributed by atoms with Crippen molar-refractivity contribution in [3.05, 3.63) is 137 Å². The van der Waals surface area contributed by atoms with E-state index in [0.29, 0.717) is 5.92 Å². The molecule has 0 N–H and O–H groups in total. The Kier molecular flexibility index (Phi) is 5.14. The summed E-state index contributed by atoms with van der Waals surface area (Å²) in [5.41, 5.74) is 13.2. The first-order chi connectivity index (χ1) is 21.5. The summed E-state index contributed by atoms with van der Waals surface area (Å²) in [5.74, 6) is 5.93. The number of fused-ring (bicyclic) bond motifs is 5. The number of rotatable bonds is 2. The van der Waals surface area contributed by atoms with Crippen LogP contribution < -0.4 is 4.74 Å². The molecule has 7 aliphatic rings. The Hall–Kier alpha value is -3.84. The molecular formula is C43H40O. The topological polar surface area (TPSA) is 9.23 Å². The van der Waals surface area contributed by atoms with Crippen LogP contribution in [0.25, 0.3) is 16.7 Å². The highest BCUT2D eigenvalue weighted by molar-refractivity contribution is 5.85. The third-order valence-corrected chi connectivity index (χ3v) is 12.9. The molecule has 6 aliphatic carbocycles. The molecule has 0 aromatic heterocycles. The Labute approximate surface area is 261 Å². The molecular weight excluding hydrogens is 532 g/mol. The maximum atomic E-state index is 6.35. The Morgan fingerprint density at radius 1 is 0.659 bits per heavy atom. The molecule has 1 heterocycles. The standard InChI is InChI=1S/C43H40O/c1-42(2)36-11-5-6-13-39(36)44-40-19-18-30(25-38(40)42)28-14-16-29(17-15-28)33-9-7-12-37-41(33)34-8-3-4-10-35(34)43(37)31-21-26-20-27(23-31)24-32(43)22-26/h3-16,18-19,25-27,29,31-32H,17,20-24H2,1-2H3. The predicted molar refractivity (Wildman–Crippen MR) is 179 cm³/mol. The molecule has 1 unspecified atom stereocenters. The van der Waals surface area contributed by atoms with Crippen molar-refractivity contribution in [3.8, 4) is 22.6 Å². The Morgan fingerprint density at radius 2 is 1.36 bits per heavy atom. The van der Waals surface area contributed by atoms with Gasteiger partial charge in [-0.3, -0.25) is 0 Å². The van der Waals surface area contributed by atoms with Crippen LogP contribution in [0.4, 0.5) is 0 Å². The smallest absolute Gasteiger partial charge is 0.131 e. The average Bonchev–Trinajstić information content (AvgIpc) is 3.34. The summed E-state index contributed by atoms with van der Waals surface area (Å²) in [7, 11) is 0. The number of benzene rings is 4. The molecule has 0 amide bonds. The third kappa shape index (κ3) is 3.26. The Bertz CT molecular complexity index is 1890. The van der Waals surface area contributed by atoms with Gasteiger partial charge in [-0.25, -0.2) is 0 Å². The fourth-order valence-electron chi connectivity index (χ4n) is 11.2. The van der Waals surface area contributed by atoms with Gasteiger partial charge >= 0.3 is 0 Å². The first kappa shape index (κ1) is 25.5. The Morgan fingerprint density at radius 3 is 2.14 bits per heavy atom. The summed E-state index contributed by atoms with van der Waals surface area (Å²) >= 11 is 0. The van der Waals surface area contributed by atoms with E-state index in [1.807, 2.05) is 0 Å². The molecule has 0 saturated heterocycles. The lowest BCUT2D eigenvalue weighted by Gasteiger charge is -2.61. The van der Waals surface area contributed by atoms with Crippen molar-refractivity contribution in [2.24, 2.45) is 23.7 Å². The number of hydrogen-bond acceptors (Lipinski definition) is 1. The van der Waals surface area contributed by atoms with Crippen molar-refractivity contribution in [2.75, 3.05) is 0 Å². The largest absolute Gasteiger partial charge is 0.457 e. The van der Waals surface area contributed by atoms with Gasteiger partial charge in [0.15, 0.2) is 0 Å². The molecule has 44 heavy (non-hydrogen) atoms. The van der Waals surface area contributed by atoms with Crippen LogP contribution in [0.15, 0.2) is 103 Å². The van der Waals surface area contributed by atoms with Crippen LogP contribution in [0, 0.1) is 23.7 Å². The SMILES string of the molecule is CC1(C)c2ccccc2Oc2ccc(C3=CCC(c4cccc5c4-c4ccccc4C54C5CC6CC(C5)CC4C6)C=C3)cc21. The van der Waals surface area contributed by atoms with Crippen molar-refractivity contribution in [1.82, 2.24) is 0 Å². The predicted octanol–water partition coefficient (Wildman–Crippen LogP) is 11.0. The van der Waals surface area contributed by atoms with Crippen molar-refractivity contribution in [2.45, 2.75) is 69.1 Å². The fourth-order valence-corrected chi connectivity index (χ4v) is 11.2. The fraction of sp³-hybridized carbons (Fsp3) is 0.349. The zero-order chi connectivity index (χ0) is 29.2. The quantitative estimate of drug-likeness (QED) is 0.232.